The maximum atomic E-state index is 12.1. The normalized spacial score (nSPS) is 21.4. The Morgan fingerprint density at radius 3 is 2.85 bits per heavy atom. The standard InChI is InChI=1S/C11H13N3O4S2/c12-6-10-11(2-1-4-13-10)20(17,18)14-7-9-3-5-19(15,16)8-9/h1-2,4,9,14H,3,5,7-8H2. The smallest absolute Gasteiger partial charge is 0.243 e. The van der Waals surface area contributed by atoms with Gasteiger partial charge in [0, 0.05) is 12.7 Å². The first-order valence-electron chi connectivity index (χ1n) is 5.89. The molecule has 2 rings (SSSR count). The number of pyridine rings is 1. The molecule has 0 radical (unpaired) electrons. The van der Waals surface area contributed by atoms with Gasteiger partial charge >= 0.3 is 0 Å². The van der Waals surface area contributed by atoms with Crippen molar-refractivity contribution in [3.63, 3.8) is 0 Å². The van der Waals surface area contributed by atoms with Crippen molar-refractivity contribution in [1.29, 1.82) is 5.26 Å². The van der Waals surface area contributed by atoms with E-state index in [1.165, 1.54) is 18.3 Å². The van der Waals surface area contributed by atoms with Crippen LogP contribution in [0.5, 0.6) is 0 Å². The molecule has 1 aromatic heterocycles. The zero-order chi connectivity index (χ0) is 14.8. The first-order valence-corrected chi connectivity index (χ1v) is 9.20. The summed E-state index contributed by atoms with van der Waals surface area (Å²) in [6, 6.07) is 4.43. The lowest BCUT2D eigenvalue weighted by Gasteiger charge is -2.10. The van der Waals surface area contributed by atoms with E-state index in [2.05, 4.69) is 9.71 Å². The number of rotatable bonds is 4. The fourth-order valence-corrected chi connectivity index (χ4v) is 5.11. The van der Waals surface area contributed by atoms with Gasteiger partial charge in [-0.25, -0.2) is 26.5 Å². The first-order chi connectivity index (χ1) is 9.34. The van der Waals surface area contributed by atoms with E-state index in [9.17, 15) is 16.8 Å². The van der Waals surface area contributed by atoms with Crippen molar-refractivity contribution in [3.05, 3.63) is 24.0 Å². The molecule has 0 aromatic carbocycles. The van der Waals surface area contributed by atoms with E-state index >= 15 is 0 Å². The van der Waals surface area contributed by atoms with Crippen LogP contribution >= 0.6 is 0 Å². The molecule has 1 N–H and O–H groups in total. The number of sulfonamides is 1. The maximum Gasteiger partial charge on any atom is 0.243 e. The van der Waals surface area contributed by atoms with E-state index in [0.717, 1.165) is 0 Å². The molecular formula is C11H13N3O4S2. The van der Waals surface area contributed by atoms with Crippen LogP contribution in [-0.2, 0) is 19.9 Å². The van der Waals surface area contributed by atoms with E-state index < -0.39 is 19.9 Å². The summed E-state index contributed by atoms with van der Waals surface area (Å²) in [7, 11) is -6.90. The molecule has 1 aromatic rings. The van der Waals surface area contributed by atoms with Crippen molar-refractivity contribution < 1.29 is 16.8 Å². The highest BCUT2D eigenvalue weighted by atomic mass is 32.2. The van der Waals surface area contributed by atoms with Gasteiger partial charge in [0.1, 0.15) is 11.0 Å². The predicted octanol–water partition coefficient (Wildman–Crippen LogP) is -0.334. The molecule has 0 saturated carbocycles. The van der Waals surface area contributed by atoms with Crippen LogP contribution in [0.1, 0.15) is 12.1 Å². The van der Waals surface area contributed by atoms with E-state index in [1.54, 1.807) is 6.07 Å². The number of nitriles is 1. The fraction of sp³-hybridized carbons (Fsp3) is 0.455. The van der Waals surface area contributed by atoms with Gasteiger partial charge in [-0.1, -0.05) is 0 Å². The lowest BCUT2D eigenvalue weighted by atomic mass is 10.1. The van der Waals surface area contributed by atoms with Gasteiger partial charge in [-0.2, -0.15) is 5.26 Å². The summed E-state index contributed by atoms with van der Waals surface area (Å²) < 4.78 is 49.1. The highest BCUT2D eigenvalue weighted by Gasteiger charge is 2.29. The third kappa shape index (κ3) is 3.33. The molecule has 0 spiro atoms. The Balaban J connectivity index is 2.11. The summed E-state index contributed by atoms with van der Waals surface area (Å²) in [6.07, 6.45) is 1.78. The Morgan fingerprint density at radius 2 is 2.25 bits per heavy atom. The average Bonchev–Trinajstić information content (AvgIpc) is 2.76. The van der Waals surface area contributed by atoms with Crippen molar-refractivity contribution in [1.82, 2.24) is 9.71 Å². The molecular weight excluding hydrogens is 302 g/mol. The number of hydrogen-bond donors (Lipinski definition) is 1. The largest absolute Gasteiger partial charge is 0.244 e. The summed E-state index contributed by atoms with van der Waals surface area (Å²) in [4.78, 5) is 3.50. The number of sulfone groups is 1. The van der Waals surface area contributed by atoms with Crippen molar-refractivity contribution in [2.24, 2.45) is 5.92 Å². The summed E-state index contributed by atoms with van der Waals surface area (Å²) in [6.45, 7) is 0.0430. The molecule has 0 amide bonds. The van der Waals surface area contributed by atoms with Crippen molar-refractivity contribution in [3.8, 4) is 6.07 Å². The Morgan fingerprint density at radius 1 is 1.50 bits per heavy atom. The van der Waals surface area contributed by atoms with Gasteiger partial charge in [0.15, 0.2) is 15.5 Å². The van der Waals surface area contributed by atoms with E-state index in [-0.39, 0.29) is 34.6 Å². The molecule has 1 aliphatic heterocycles. The summed E-state index contributed by atoms with van der Waals surface area (Å²) in [5, 5.41) is 8.85. The fourth-order valence-electron chi connectivity index (χ4n) is 2.03. The van der Waals surface area contributed by atoms with Gasteiger partial charge in [0.25, 0.3) is 0 Å². The van der Waals surface area contributed by atoms with Gasteiger partial charge < -0.3 is 0 Å². The van der Waals surface area contributed by atoms with Gasteiger partial charge in [0.05, 0.1) is 11.5 Å². The lowest BCUT2D eigenvalue weighted by Crippen LogP contribution is -2.30. The lowest BCUT2D eigenvalue weighted by molar-refractivity contribution is 0.543. The molecule has 2 heterocycles. The Labute approximate surface area is 117 Å². The zero-order valence-electron chi connectivity index (χ0n) is 10.5. The van der Waals surface area contributed by atoms with E-state index in [4.69, 9.17) is 5.26 Å². The minimum Gasteiger partial charge on any atom is -0.244 e. The van der Waals surface area contributed by atoms with Crippen LogP contribution in [0.2, 0.25) is 0 Å². The van der Waals surface area contributed by atoms with Crippen LogP contribution in [-0.4, -0.2) is 39.9 Å². The molecule has 7 nitrogen and oxygen atoms in total. The molecule has 108 valence electrons. The molecule has 1 fully saturated rings. The Hall–Kier alpha value is -1.50. The van der Waals surface area contributed by atoms with Crippen molar-refractivity contribution in [2.75, 3.05) is 18.1 Å². The molecule has 1 aliphatic rings. The van der Waals surface area contributed by atoms with Gasteiger partial charge in [-0.3, -0.25) is 0 Å². The minimum absolute atomic E-state index is 0.00628. The molecule has 1 unspecified atom stereocenters. The predicted molar refractivity (Wildman–Crippen MR) is 70.9 cm³/mol. The number of hydrogen-bond acceptors (Lipinski definition) is 6. The monoisotopic (exact) mass is 315 g/mol. The topological polar surface area (TPSA) is 117 Å². The van der Waals surface area contributed by atoms with Crippen LogP contribution in [0.3, 0.4) is 0 Å². The van der Waals surface area contributed by atoms with E-state index in [1.807, 2.05) is 0 Å². The third-order valence-electron chi connectivity index (χ3n) is 3.05. The molecule has 0 bridgehead atoms. The molecule has 1 atom stereocenters. The SMILES string of the molecule is N#Cc1ncccc1S(=O)(=O)NCC1CCS(=O)(=O)C1. The zero-order valence-corrected chi connectivity index (χ0v) is 12.1. The molecule has 0 aliphatic carbocycles. The molecule has 20 heavy (non-hydrogen) atoms. The Kier molecular flexibility index (Phi) is 4.08. The number of nitrogens with one attached hydrogen (secondary N) is 1. The average molecular weight is 315 g/mol. The van der Waals surface area contributed by atoms with Crippen LogP contribution in [0.4, 0.5) is 0 Å². The second-order valence-electron chi connectivity index (χ2n) is 4.58. The molecule has 1 saturated heterocycles. The summed E-state index contributed by atoms with van der Waals surface area (Å²) >= 11 is 0. The highest BCUT2D eigenvalue weighted by molar-refractivity contribution is 7.91. The van der Waals surface area contributed by atoms with Gasteiger partial charge in [-0.15, -0.1) is 0 Å². The highest BCUT2D eigenvalue weighted by Crippen LogP contribution is 2.19. The van der Waals surface area contributed by atoms with Gasteiger partial charge in [-0.05, 0) is 24.5 Å². The number of aromatic nitrogens is 1. The molecule has 9 heteroatoms. The quantitative estimate of drug-likeness (QED) is 0.812. The summed E-state index contributed by atoms with van der Waals surface area (Å²) in [5.74, 6) is -0.138. The third-order valence-corrected chi connectivity index (χ3v) is 6.35. The minimum atomic E-state index is -3.86. The van der Waals surface area contributed by atoms with Crippen LogP contribution in [0, 0.1) is 17.2 Å². The van der Waals surface area contributed by atoms with Crippen LogP contribution in [0.15, 0.2) is 23.2 Å². The number of nitrogens with zero attached hydrogens (tertiary/aromatic N) is 2. The van der Waals surface area contributed by atoms with E-state index in [0.29, 0.717) is 6.42 Å². The van der Waals surface area contributed by atoms with Crippen LogP contribution in [0.25, 0.3) is 0 Å². The van der Waals surface area contributed by atoms with Crippen molar-refractivity contribution >= 4 is 19.9 Å². The first kappa shape index (κ1) is 14.9. The Bertz CT molecular complexity index is 750. The van der Waals surface area contributed by atoms with Crippen LogP contribution < -0.4 is 4.72 Å². The second-order valence-corrected chi connectivity index (χ2v) is 8.55. The maximum absolute atomic E-state index is 12.1. The second kappa shape index (κ2) is 5.47. The summed E-state index contributed by atoms with van der Waals surface area (Å²) in [5.41, 5.74) is -0.181. The van der Waals surface area contributed by atoms with Gasteiger partial charge in [0.2, 0.25) is 10.0 Å². The van der Waals surface area contributed by atoms with Crippen molar-refractivity contribution in [2.45, 2.75) is 11.3 Å².